The van der Waals surface area contributed by atoms with Gasteiger partial charge in [0.05, 0.1) is 5.56 Å². The first-order valence-electron chi connectivity index (χ1n) is 6.76. The molecule has 0 spiro atoms. The van der Waals surface area contributed by atoms with E-state index in [9.17, 15) is 9.18 Å². The van der Waals surface area contributed by atoms with Crippen molar-refractivity contribution in [3.05, 3.63) is 35.1 Å². The van der Waals surface area contributed by atoms with E-state index in [1.807, 2.05) is 6.92 Å². The summed E-state index contributed by atoms with van der Waals surface area (Å²) in [4.78, 5) is 12.4. The first kappa shape index (κ1) is 14.5. The molecule has 104 valence electrons. The highest BCUT2D eigenvalue weighted by Gasteiger charge is 2.23. The number of aryl methyl sites for hydroxylation is 1. The minimum Gasteiger partial charge on any atom is -0.352 e. The van der Waals surface area contributed by atoms with Gasteiger partial charge in [0, 0.05) is 11.4 Å². The molecule has 1 N–H and O–H groups in total. The quantitative estimate of drug-likeness (QED) is 0.840. The largest absolute Gasteiger partial charge is 0.352 e. The van der Waals surface area contributed by atoms with Crippen LogP contribution in [0.5, 0.6) is 0 Å². The summed E-state index contributed by atoms with van der Waals surface area (Å²) in [7, 11) is 0. The average Bonchev–Trinajstić information content (AvgIpc) is 2.37. The van der Waals surface area contributed by atoms with Gasteiger partial charge >= 0.3 is 0 Å². The van der Waals surface area contributed by atoms with Crippen LogP contribution < -0.4 is 5.32 Å². The van der Waals surface area contributed by atoms with Crippen molar-refractivity contribution < 1.29 is 9.18 Å². The van der Waals surface area contributed by atoms with Gasteiger partial charge in [0.25, 0.3) is 5.91 Å². The number of rotatable bonds is 3. The van der Waals surface area contributed by atoms with Crippen LogP contribution in [0.4, 0.5) is 4.39 Å². The Morgan fingerprint density at radius 2 is 2.16 bits per heavy atom. The second-order valence-corrected chi connectivity index (χ2v) is 6.43. The molecule has 1 fully saturated rings. The molecule has 2 unspecified atom stereocenters. The van der Waals surface area contributed by atoms with E-state index in [0.717, 1.165) is 18.4 Å². The van der Waals surface area contributed by atoms with Crippen molar-refractivity contribution in [3.63, 3.8) is 0 Å². The van der Waals surface area contributed by atoms with Gasteiger partial charge in [-0.1, -0.05) is 34.8 Å². The van der Waals surface area contributed by atoms with Crippen molar-refractivity contribution in [3.8, 4) is 0 Å². The molecule has 19 heavy (non-hydrogen) atoms. The number of hydrogen-bond donors (Lipinski definition) is 1. The van der Waals surface area contributed by atoms with Crippen LogP contribution in [0.1, 0.15) is 41.6 Å². The Morgan fingerprint density at radius 1 is 1.42 bits per heavy atom. The molecule has 4 heteroatoms. The Morgan fingerprint density at radius 3 is 2.84 bits per heavy atom. The first-order chi connectivity index (χ1) is 9.08. The fraction of sp³-hybridized carbons (Fsp3) is 0.533. The second-order valence-electron chi connectivity index (χ2n) is 5.25. The van der Waals surface area contributed by atoms with Gasteiger partial charge in [0.15, 0.2) is 0 Å². The third-order valence-electron chi connectivity index (χ3n) is 3.71. The van der Waals surface area contributed by atoms with Crippen molar-refractivity contribution in [2.45, 2.75) is 37.4 Å². The Hall–Kier alpha value is -0.900. The van der Waals surface area contributed by atoms with Crippen LogP contribution >= 0.6 is 15.9 Å². The average molecular weight is 328 g/mol. The van der Waals surface area contributed by atoms with E-state index in [4.69, 9.17) is 0 Å². The molecule has 2 nitrogen and oxygen atoms in total. The van der Waals surface area contributed by atoms with Crippen LogP contribution in [0, 0.1) is 18.7 Å². The Balaban J connectivity index is 1.93. The lowest BCUT2D eigenvalue weighted by Gasteiger charge is -2.27. The molecule has 0 radical (unpaired) electrons. The molecule has 2 atom stereocenters. The molecule has 0 heterocycles. The second kappa shape index (κ2) is 6.51. The van der Waals surface area contributed by atoms with E-state index in [-0.39, 0.29) is 11.5 Å². The highest BCUT2D eigenvalue weighted by molar-refractivity contribution is 9.09. The maximum absolute atomic E-state index is 13.7. The molecule has 1 amide bonds. The van der Waals surface area contributed by atoms with Crippen molar-refractivity contribution in [2.24, 2.45) is 5.92 Å². The zero-order chi connectivity index (χ0) is 13.8. The highest BCUT2D eigenvalue weighted by Crippen LogP contribution is 2.29. The fourth-order valence-corrected chi connectivity index (χ4v) is 3.29. The molecule has 1 saturated carbocycles. The predicted octanol–water partition coefficient (Wildman–Crippen LogP) is 3.82. The first-order valence-corrected chi connectivity index (χ1v) is 7.68. The molecule has 2 rings (SSSR count). The van der Waals surface area contributed by atoms with Crippen LogP contribution in [0.25, 0.3) is 0 Å². The molecular formula is C15H19BrFNO. The molecule has 1 aromatic rings. The summed E-state index contributed by atoms with van der Waals surface area (Å²) in [5.74, 6) is -0.314. The lowest BCUT2D eigenvalue weighted by Crippen LogP contribution is -2.34. The van der Waals surface area contributed by atoms with Crippen molar-refractivity contribution in [1.29, 1.82) is 0 Å². The predicted molar refractivity (Wildman–Crippen MR) is 78.1 cm³/mol. The summed E-state index contributed by atoms with van der Waals surface area (Å²) < 4.78 is 13.7. The summed E-state index contributed by atoms with van der Waals surface area (Å²) in [5.41, 5.74) is 0.953. The maximum atomic E-state index is 13.7. The van der Waals surface area contributed by atoms with Crippen molar-refractivity contribution in [1.82, 2.24) is 5.32 Å². The van der Waals surface area contributed by atoms with E-state index in [1.165, 1.54) is 18.9 Å². The Bertz CT molecular complexity index is 463. The summed E-state index contributed by atoms with van der Waals surface area (Å²) in [6.45, 7) is 2.42. The Kier molecular flexibility index (Phi) is 4.97. The third-order valence-corrected chi connectivity index (χ3v) is 4.92. The third kappa shape index (κ3) is 3.78. The number of amides is 1. The van der Waals surface area contributed by atoms with Gasteiger partial charge in [0.2, 0.25) is 0 Å². The summed E-state index contributed by atoms with van der Waals surface area (Å²) >= 11 is 3.66. The van der Waals surface area contributed by atoms with E-state index in [1.54, 1.807) is 12.1 Å². The summed E-state index contributed by atoms with van der Waals surface area (Å²) in [5, 5.41) is 2.85. The molecule has 1 aliphatic rings. The van der Waals surface area contributed by atoms with Gasteiger partial charge < -0.3 is 5.32 Å². The molecule has 0 saturated heterocycles. The number of hydrogen-bond acceptors (Lipinski definition) is 1. The highest BCUT2D eigenvalue weighted by atomic mass is 79.9. The molecule has 1 aromatic carbocycles. The smallest absolute Gasteiger partial charge is 0.254 e. The van der Waals surface area contributed by atoms with Gasteiger partial charge in [-0.05, 0) is 43.4 Å². The van der Waals surface area contributed by atoms with Crippen LogP contribution in [-0.4, -0.2) is 17.3 Å². The minimum atomic E-state index is -0.448. The maximum Gasteiger partial charge on any atom is 0.254 e. The lowest BCUT2D eigenvalue weighted by atomic mass is 9.89. The van der Waals surface area contributed by atoms with Gasteiger partial charge in [-0.15, -0.1) is 0 Å². The monoisotopic (exact) mass is 327 g/mol. The molecule has 0 aromatic heterocycles. The summed E-state index contributed by atoms with van der Waals surface area (Å²) in [6.07, 6.45) is 4.72. The SMILES string of the molecule is Cc1ccc(C(=O)NCC2CCCCC2Br)c(F)c1. The van der Waals surface area contributed by atoms with Crippen LogP contribution in [0.2, 0.25) is 0 Å². The molecule has 1 aliphatic carbocycles. The van der Waals surface area contributed by atoms with E-state index in [0.29, 0.717) is 17.3 Å². The van der Waals surface area contributed by atoms with Gasteiger partial charge in [-0.25, -0.2) is 4.39 Å². The Labute approximate surface area is 121 Å². The van der Waals surface area contributed by atoms with Gasteiger partial charge in [-0.2, -0.15) is 0 Å². The van der Waals surface area contributed by atoms with Gasteiger partial charge in [0.1, 0.15) is 5.82 Å². The molecule has 0 aliphatic heterocycles. The number of nitrogens with one attached hydrogen (secondary N) is 1. The number of alkyl halides is 1. The summed E-state index contributed by atoms with van der Waals surface area (Å²) in [6, 6.07) is 4.70. The van der Waals surface area contributed by atoms with Crippen molar-refractivity contribution in [2.75, 3.05) is 6.54 Å². The zero-order valence-corrected chi connectivity index (χ0v) is 12.7. The van der Waals surface area contributed by atoms with Crippen LogP contribution in [0.15, 0.2) is 18.2 Å². The van der Waals surface area contributed by atoms with Crippen molar-refractivity contribution >= 4 is 21.8 Å². The van der Waals surface area contributed by atoms with E-state index >= 15 is 0 Å². The lowest BCUT2D eigenvalue weighted by molar-refractivity contribution is 0.0940. The standard InChI is InChI=1S/C15H19BrFNO/c1-10-6-7-12(14(17)8-10)15(19)18-9-11-4-2-3-5-13(11)16/h6-8,11,13H,2-5,9H2,1H3,(H,18,19). The number of carbonyl (C=O) groups excluding carboxylic acids is 1. The minimum absolute atomic E-state index is 0.132. The van der Waals surface area contributed by atoms with Gasteiger partial charge in [-0.3, -0.25) is 4.79 Å². The molecular weight excluding hydrogens is 309 g/mol. The zero-order valence-electron chi connectivity index (χ0n) is 11.1. The molecule has 0 bridgehead atoms. The normalized spacial score (nSPS) is 23.1. The van der Waals surface area contributed by atoms with Crippen LogP contribution in [-0.2, 0) is 0 Å². The number of benzene rings is 1. The fourth-order valence-electron chi connectivity index (χ4n) is 2.52. The van der Waals surface area contributed by atoms with E-state index < -0.39 is 5.82 Å². The number of halogens is 2. The topological polar surface area (TPSA) is 29.1 Å². The number of carbonyl (C=O) groups is 1. The van der Waals surface area contributed by atoms with E-state index in [2.05, 4.69) is 21.2 Å². The van der Waals surface area contributed by atoms with Crippen LogP contribution in [0.3, 0.4) is 0 Å².